The van der Waals surface area contributed by atoms with Gasteiger partial charge in [0, 0.05) is 49.8 Å². The Hall–Kier alpha value is -2.21. The van der Waals surface area contributed by atoms with Gasteiger partial charge in [0.05, 0.1) is 5.60 Å². The summed E-state index contributed by atoms with van der Waals surface area (Å²) in [4.78, 5) is 14.5. The lowest BCUT2D eigenvalue weighted by molar-refractivity contribution is -0.00341. The smallest absolute Gasteiger partial charge is 0.228 e. The number of aliphatic hydroxyl groups is 1. The zero-order valence-electron chi connectivity index (χ0n) is 17.0. The molecule has 5 nitrogen and oxygen atoms in total. The second kappa shape index (κ2) is 7.24. The van der Waals surface area contributed by atoms with Crippen LogP contribution in [0.1, 0.15) is 56.2 Å². The number of rotatable bonds is 3. The largest absolute Gasteiger partial charge is 0.385 e. The summed E-state index contributed by atoms with van der Waals surface area (Å²) in [6.07, 6.45) is 7.06. The van der Waals surface area contributed by atoms with Crippen LogP contribution in [0.15, 0.2) is 30.3 Å². The van der Waals surface area contributed by atoms with E-state index >= 15 is 0 Å². The molecule has 0 amide bonds. The van der Waals surface area contributed by atoms with Gasteiger partial charge in [-0.3, -0.25) is 0 Å². The van der Waals surface area contributed by atoms with Gasteiger partial charge in [-0.15, -0.1) is 0 Å². The van der Waals surface area contributed by atoms with E-state index in [2.05, 4.69) is 15.9 Å². The number of hydrogen-bond donors (Lipinski definition) is 1. The molecule has 3 aliphatic heterocycles. The van der Waals surface area contributed by atoms with Gasteiger partial charge in [0.15, 0.2) is 0 Å². The van der Waals surface area contributed by atoms with Crippen molar-refractivity contribution >= 4 is 11.8 Å². The highest BCUT2D eigenvalue weighted by Crippen LogP contribution is 2.47. The van der Waals surface area contributed by atoms with Crippen molar-refractivity contribution in [3.8, 4) is 0 Å². The number of anilines is 2. The molecule has 29 heavy (non-hydrogen) atoms. The normalized spacial score (nSPS) is 29.3. The maximum atomic E-state index is 13.3. The van der Waals surface area contributed by atoms with Crippen molar-refractivity contribution in [2.75, 3.05) is 22.9 Å². The molecule has 154 valence electrons. The Morgan fingerprint density at radius 1 is 1.00 bits per heavy atom. The van der Waals surface area contributed by atoms with Crippen molar-refractivity contribution in [3.05, 3.63) is 47.4 Å². The summed E-state index contributed by atoms with van der Waals surface area (Å²) >= 11 is 0. The fourth-order valence-corrected chi connectivity index (χ4v) is 5.48. The first-order valence-corrected chi connectivity index (χ1v) is 10.9. The minimum absolute atomic E-state index is 0.208. The van der Waals surface area contributed by atoms with Gasteiger partial charge in [-0.25, -0.2) is 9.37 Å². The number of halogens is 1. The summed E-state index contributed by atoms with van der Waals surface area (Å²) in [5.41, 5.74) is 0.902. The molecule has 5 rings (SSSR count). The van der Waals surface area contributed by atoms with Gasteiger partial charge in [0.2, 0.25) is 5.95 Å². The zero-order valence-corrected chi connectivity index (χ0v) is 17.0. The maximum Gasteiger partial charge on any atom is 0.228 e. The van der Waals surface area contributed by atoms with Crippen LogP contribution >= 0.6 is 0 Å². The van der Waals surface area contributed by atoms with Crippen molar-refractivity contribution < 1.29 is 9.50 Å². The van der Waals surface area contributed by atoms with Gasteiger partial charge in [-0.1, -0.05) is 12.1 Å². The highest BCUT2D eigenvalue weighted by Gasteiger charge is 2.49. The van der Waals surface area contributed by atoms with Gasteiger partial charge < -0.3 is 14.9 Å². The minimum atomic E-state index is -0.907. The highest BCUT2D eigenvalue weighted by atomic mass is 19.1. The van der Waals surface area contributed by atoms with E-state index in [1.165, 1.54) is 31.4 Å². The van der Waals surface area contributed by atoms with Crippen molar-refractivity contribution in [2.24, 2.45) is 0 Å². The lowest BCUT2D eigenvalue weighted by Gasteiger charge is -2.44. The molecular formula is C23H29FN4O. The molecule has 1 N–H and O–H groups in total. The molecule has 3 aliphatic rings. The summed E-state index contributed by atoms with van der Waals surface area (Å²) in [5.74, 6) is 1.57. The van der Waals surface area contributed by atoms with E-state index in [1.807, 2.05) is 6.92 Å². The highest BCUT2D eigenvalue weighted by molar-refractivity contribution is 5.49. The summed E-state index contributed by atoms with van der Waals surface area (Å²) in [6.45, 7) is 4.17. The third-order valence-corrected chi connectivity index (χ3v) is 6.89. The third kappa shape index (κ3) is 3.48. The van der Waals surface area contributed by atoms with Crippen LogP contribution in [0.4, 0.5) is 16.2 Å². The Kier molecular flexibility index (Phi) is 4.69. The van der Waals surface area contributed by atoms with Crippen molar-refractivity contribution in [1.82, 2.24) is 9.97 Å². The predicted molar refractivity (Wildman–Crippen MR) is 112 cm³/mol. The Bertz CT molecular complexity index is 867. The number of benzene rings is 1. The average molecular weight is 397 g/mol. The minimum Gasteiger partial charge on any atom is -0.385 e. The first-order valence-electron chi connectivity index (χ1n) is 10.9. The van der Waals surface area contributed by atoms with Gasteiger partial charge in [0.25, 0.3) is 0 Å². The Labute approximate surface area is 171 Å². The van der Waals surface area contributed by atoms with Gasteiger partial charge in [-0.05, 0) is 56.7 Å². The van der Waals surface area contributed by atoms with Gasteiger partial charge in [0.1, 0.15) is 11.6 Å². The fraction of sp³-hybridized carbons (Fsp3) is 0.565. The second-order valence-corrected chi connectivity index (χ2v) is 8.95. The van der Waals surface area contributed by atoms with E-state index < -0.39 is 5.60 Å². The van der Waals surface area contributed by atoms with Gasteiger partial charge in [-0.2, -0.15) is 4.98 Å². The number of fused-ring (bicyclic) bond motifs is 2. The van der Waals surface area contributed by atoms with Crippen LogP contribution in [0.3, 0.4) is 0 Å². The Morgan fingerprint density at radius 3 is 2.31 bits per heavy atom. The second-order valence-electron chi connectivity index (χ2n) is 8.95. The molecule has 0 radical (unpaired) electrons. The first-order chi connectivity index (χ1) is 14.0. The molecular weight excluding hydrogens is 367 g/mol. The molecule has 0 spiro atoms. The molecule has 2 atom stereocenters. The van der Waals surface area contributed by atoms with Crippen molar-refractivity contribution in [1.29, 1.82) is 0 Å². The SMILES string of the molecule is Cc1cc(N2CCCCC2)nc(N2[C@H]3CC[C@H]2CC(O)(c2ccc(F)cc2)C3)n1. The summed E-state index contributed by atoms with van der Waals surface area (Å²) in [6, 6.07) is 8.84. The van der Waals surface area contributed by atoms with E-state index in [0.29, 0.717) is 12.8 Å². The van der Waals surface area contributed by atoms with Crippen LogP contribution in [-0.2, 0) is 5.60 Å². The summed E-state index contributed by atoms with van der Waals surface area (Å²) in [7, 11) is 0. The van der Waals surface area contributed by atoms with E-state index in [9.17, 15) is 9.50 Å². The van der Waals surface area contributed by atoms with Crippen LogP contribution < -0.4 is 9.80 Å². The van der Waals surface area contributed by atoms with Crippen molar-refractivity contribution in [2.45, 2.75) is 69.6 Å². The fourth-order valence-electron chi connectivity index (χ4n) is 5.48. The topological polar surface area (TPSA) is 52.5 Å². The summed E-state index contributed by atoms with van der Waals surface area (Å²) < 4.78 is 13.3. The third-order valence-electron chi connectivity index (χ3n) is 6.89. The average Bonchev–Trinajstić information content (AvgIpc) is 3.00. The van der Waals surface area contributed by atoms with Crippen LogP contribution in [0.2, 0.25) is 0 Å². The molecule has 2 bridgehead atoms. The van der Waals surface area contributed by atoms with E-state index in [0.717, 1.165) is 49.0 Å². The van der Waals surface area contributed by atoms with Crippen LogP contribution in [0.25, 0.3) is 0 Å². The first kappa shape index (κ1) is 18.8. The number of piperidine rings is 2. The lowest BCUT2D eigenvalue weighted by atomic mass is 9.80. The zero-order chi connectivity index (χ0) is 20.0. The maximum absolute atomic E-state index is 13.3. The monoisotopic (exact) mass is 396 g/mol. The van der Waals surface area contributed by atoms with E-state index in [-0.39, 0.29) is 17.9 Å². The predicted octanol–water partition coefficient (Wildman–Crippen LogP) is 3.93. The number of aromatic nitrogens is 2. The number of hydrogen-bond acceptors (Lipinski definition) is 5. The molecule has 4 heterocycles. The molecule has 3 saturated heterocycles. The molecule has 0 unspecified atom stereocenters. The molecule has 3 fully saturated rings. The molecule has 6 heteroatoms. The molecule has 0 aliphatic carbocycles. The van der Waals surface area contributed by atoms with Crippen molar-refractivity contribution in [3.63, 3.8) is 0 Å². The molecule has 1 aromatic carbocycles. The van der Waals surface area contributed by atoms with Crippen LogP contribution in [-0.4, -0.2) is 40.2 Å². The molecule has 0 saturated carbocycles. The quantitative estimate of drug-likeness (QED) is 0.852. The van der Waals surface area contributed by atoms with E-state index in [1.54, 1.807) is 12.1 Å². The summed E-state index contributed by atoms with van der Waals surface area (Å²) in [5, 5.41) is 11.4. The molecule has 2 aromatic rings. The molecule has 1 aromatic heterocycles. The van der Waals surface area contributed by atoms with E-state index in [4.69, 9.17) is 9.97 Å². The number of aryl methyl sites for hydroxylation is 1. The Morgan fingerprint density at radius 2 is 1.66 bits per heavy atom. The van der Waals surface area contributed by atoms with Crippen LogP contribution in [0.5, 0.6) is 0 Å². The lowest BCUT2D eigenvalue weighted by Crippen LogP contribution is -2.50. The number of nitrogens with zero attached hydrogens (tertiary/aromatic N) is 4. The Balaban J connectivity index is 1.42. The standard InChI is InChI=1S/C23H29FN4O/c1-16-13-21(27-11-3-2-4-12-27)26-22(25-16)28-19-9-10-20(28)15-23(29,14-19)17-5-7-18(24)8-6-17/h5-8,13,19-20,29H,2-4,9-12,14-15H2,1H3/t19-,20-/m0/s1. The van der Waals surface area contributed by atoms with Gasteiger partial charge >= 0.3 is 0 Å². The van der Waals surface area contributed by atoms with Crippen LogP contribution in [0, 0.1) is 12.7 Å².